The molecule has 0 spiro atoms. The standard InChI is InChI=1S/C9H9FO3S/c1-13-9(11)6-14(12)8-4-2-7(10)3-5-8/h2-5H,6H2,1H3. The van der Waals surface area contributed by atoms with Crippen LogP contribution in [0.1, 0.15) is 0 Å². The number of benzene rings is 1. The molecular formula is C9H9FO3S. The highest BCUT2D eigenvalue weighted by Gasteiger charge is 2.09. The van der Waals surface area contributed by atoms with Gasteiger partial charge in [-0.25, -0.2) is 4.39 Å². The van der Waals surface area contributed by atoms with Crippen LogP contribution in [0.25, 0.3) is 0 Å². The lowest BCUT2D eigenvalue weighted by atomic mass is 10.4. The lowest BCUT2D eigenvalue weighted by Crippen LogP contribution is -2.11. The Balaban J connectivity index is 2.70. The summed E-state index contributed by atoms with van der Waals surface area (Å²) >= 11 is 0. The molecule has 0 aliphatic heterocycles. The van der Waals surface area contributed by atoms with E-state index in [0.29, 0.717) is 4.90 Å². The number of esters is 1. The largest absolute Gasteiger partial charge is 0.468 e. The molecule has 0 saturated heterocycles. The molecule has 0 aliphatic rings. The normalized spacial score (nSPS) is 12.1. The maximum atomic E-state index is 12.5. The van der Waals surface area contributed by atoms with Gasteiger partial charge in [-0.05, 0) is 24.3 Å². The van der Waals surface area contributed by atoms with Crippen molar-refractivity contribution in [1.29, 1.82) is 0 Å². The molecule has 0 bridgehead atoms. The van der Waals surface area contributed by atoms with Gasteiger partial charge in [0.2, 0.25) is 0 Å². The summed E-state index contributed by atoms with van der Waals surface area (Å²) in [5.74, 6) is -1.15. The van der Waals surface area contributed by atoms with Crippen LogP contribution >= 0.6 is 0 Å². The molecule has 0 N–H and O–H groups in total. The molecule has 14 heavy (non-hydrogen) atoms. The van der Waals surface area contributed by atoms with Crippen molar-refractivity contribution < 1.29 is 18.1 Å². The van der Waals surface area contributed by atoms with E-state index in [1.807, 2.05) is 0 Å². The number of halogens is 1. The third kappa shape index (κ3) is 2.92. The number of methoxy groups -OCH3 is 1. The average molecular weight is 216 g/mol. The summed E-state index contributed by atoms with van der Waals surface area (Å²) in [6.45, 7) is 0. The second-order valence-corrected chi connectivity index (χ2v) is 3.97. The SMILES string of the molecule is COC(=O)CS(=O)c1ccc(F)cc1. The van der Waals surface area contributed by atoms with E-state index in [1.165, 1.54) is 31.4 Å². The molecule has 1 aromatic carbocycles. The van der Waals surface area contributed by atoms with E-state index in [9.17, 15) is 13.4 Å². The number of ether oxygens (including phenoxy) is 1. The van der Waals surface area contributed by atoms with Gasteiger partial charge in [0.25, 0.3) is 0 Å². The number of carbonyl (C=O) groups is 1. The van der Waals surface area contributed by atoms with Crippen molar-refractivity contribution in [3.63, 3.8) is 0 Å². The Bertz CT molecular complexity index is 348. The molecule has 0 aromatic heterocycles. The van der Waals surface area contributed by atoms with E-state index in [2.05, 4.69) is 4.74 Å². The van der Waals surface area contributed by atoms with Crippen LogP contribution in [0.15, 0.2) is 29.2 Å². The van der Waals surface area contributed by atoms with Crippen LogP contribution in [0.2, 0.25) is 0 Å². The fraction of sp³-hybridized carbons (Fsp3) is 0.222. The zero-order valence-electron chi connectivity index (χ0n) is 7.53. The van der Waals surface area contributed by atoms with Crippen molar-refractivity contribution in [3.05, 3.63) is 30.1 Å². The highest BCUT2D eigenvalue weighted by atomic mass is 32.2. The van der Waals surface area contributed by atoms with Gasteiger partial charge in [0, 0.05) is 4.90 Å². The predicted molar refractivity (Wildman–Crippen MR) is 49.7 cm³/mol. The summed E-state index contributed by atoms with van der Waals surface area (Å²) < 4.78 is 28.3. The molecular weight excluding hydrogens is 207 g/mol. The third-order valence-electron chi connectivity index (χ3n) is 1.55. The van der Waals surface area contributed by atoms with Crippen molar-refractivity contribution in [2.45, 2.75) is 4.90 Å². The lowest BCUT2D eigenvalue weighted by molar-refractivity contribution is -0.137. The van der Waals surface area contributed by atoms with E-state index in [-0.39, 0.29) is 5.75 Å². The van der Waals surface area contributed by atoms with Crippen LogP contribution in [0.4, 0.5) is 4.39 Å². The van der Waals surface area contributed by atoms with Crippen LogP contribution < -0.4 is 0 Å². The fourth-order valence-corrected chi connectivity index (χ4v) is 1.77. The van der Waals surface area contributed by atoms with Crippen molar-refractivity contribution in [3.8, 4) is 0 Å². The Morgan fingerprint density at radius 1 is 1.43 bits per heavy atom. The zero-order chi connectivity index (χ0) is 10.6. The minimum Gasteiger partial charge on any atom is -0.468 e. The Kier molecular flexibility index (Phi) is 3.76. The van der Waals surface area contributed by atoms with Crippen LogP contribution in [-0.2, 0) is 20.3 Å². The summed E-state index contributed by atoms with van der Waals surface area (Å²) in [6.07, 6.45) is 0. The topological polar surface area (TPSA) is 43.4 Å². The fourth-order valence-electron chi connectivity index (χ4n) is 0.836. The first-order chi connectivity index (χ1) is 6.63. The molecule has 5 heteroatoms. The number of carbonyl (C=O) groups excluding carboxylic acids is 1. The molecule has 3 nitrogen and oxygen atoms in total. The molecule has 0 fully saturated rings. The van der Waals surface area contributed by atoms with Gasteiger partial charge in [-0.15, -0.1) is 0 Å². The number of hydrogen-bond acceptors (Lipinski definition) is 3. The molecule has 1 unspecified atom stereocenters. The highest BCUT2D eigenvalue weighted by Crippen LogP contribution is 2.08. The summed E-state index contributed by atoms with van der Waals surface area (Å²) in [6, 6.07) is 5.16. The average Bonchev–Trinajstić information content (AvgIpc) is 2.18. The molecule has 1 rings (SSSR count). The van der Waals surface area contributed by atoms with Crippen molar-refractivity contribution in [2.75, 3.05) is 12.9 Å². The third-order valence-corrected chi connectivity index (χ3v) is 2.85. The first-order valence-electron chi connectivity index (χ1n) is 3.84. The second-order valence-electron chi connectivity index (χ2n) is 2.52. The molecule has 0 radical (unpaired) electrons. The van der Waals surface area contributed by atoms with E-state index in [1.54, 1.807) is 0 Å². The van der Waals surface area contributed by atoms with Gasteiger partial charge in [-0.3, -0.25) is 9.00 Å². The highest BCUT2D eigenvalue weighted by molar-refractivity contribution is 7.85. The van der Waals surface area contributed by atoms with E-state index >= 15 is 0 Å². The summed E-state index contributed by atoms with van der Waals surface area (Å²) in [5.41, 5.74) is 0. The summed E-state index contributed by atoms with van der Waals surface area (Å²) in [4.78, 5) is 11.2. The van der Waals surface area contributed by atoms with Crippen LogP contribution in [0.3, 0.4) is 0 Å². The smallest absolute Gasteiger partial charge is 0.318 e. The van der Waals surface area contributed by atoms with Gasteiger partial charge in [-0.2, -0.15) is 0 Å². The van der Waals surface area contributed by atoms with E-state index in [4.69, 9.17) is 0 Å². The molecule has 0 aliphatic carbocycles. The minimum atomic E-state index is -1.46. The van der Waals surface area contributed by atoms with Crippen molar-refractivity contribution in [2.24, 2.45) is 0 Å². The van der Waals surface area contributed by atoms with Crippen LogP contribution in [0, 0.1) is 5.82 Å². The molecule has 1 atom stereocenters. The van der Waals surface area contributed by atoms with Gasteiger partial charge in [-0.1, -0.05) is 0 Å². The lowest BCUT2D eigenvalue weighted by Gasteiger charge is -2.00. The molecule has 76 valence electrons. The van der Waals surface area contributed by atoms with Gasteiger partial charge >= 0.3 is 5.97 Å². The summed E-state index contributed by atoms with van der Waals surface area (Å²) in [7, 11) is -0.236. The van der Waals surface area contributed by atoms with Gasteiger partial charge in [0.05, 0.1) is 17.9 Å². The Morgan fingerprint density at radius 3 is 2.50 bits per heavy atom. The Morgan fingerprint density at radius 2 is 2.00 bits per heavy atom. The van der Waals surface area contributed by atoms with E-state index < -0.39 is 22.6 Å². The monoisotopic (exact) mass is 216 g/mol. The predicted octanol–water partition coefficient (Wildman–Crippen LogP) is 1.11. The minimum absolute atomic E-state index is 0.206. The van der Waals surface area contributed by atoms with Crippen molar-refractivity contribution in [1.82, 2.24) is 0 Å². The number of hydrogen-bond donors (Lipinski definition) is 0. The molecule has 0 saturated carbocycles. The summed E-state index contributed by atoms with van der Waals surface area (Å²) in [5, 5.41) is 0. The van der Waals surface area contributed by atoms with Crippen LogP contribution in [-0.4, -0.2) is 23.0 Å². The van der Waals surface area contributed by atoms with E-state index in [0.717, 1.165) is 0 Å². The second kappa shape index (κ2) is 4.85. The molecule has 0 heterocycles. The Labute approximate surface area is 83.3 Å². The van der Waals surface area contributed by atoms with Gasteiger partial charge < -0.3 is 4.74 Å². The van der Waals surface area contributed by atoms with Crippen molar-refractivity contribution >= 4 is 16.8 Å². The van der Waals surface area contributed by atoms with Gasteiger partial charge in [0.15, 0.2) is 0 Å². The zero-order valence-corrected chi connectivity index (χ0v) is 8.34. The molecule has 0 amide bonds. The molecule has 1 aromatic rings. The number of rotatable bonds is 3. The van der Waals surface area contributed by atoms with Crippen LogP contribution in [0.5, 0.6) is 0 Å². The maximum Gasteiger partial charge on any atom is 0.318 e. The first kappa shape index (κ1) is 10.8. The maximum absolute atomic E-state index is 12.5. The van der Waals surface area contributed by atoms with Gasteiger partial charge in [0.1, 0.15) is 11.6 Å². The quantitative estimate of drug-likeness (QED) is 0.711. The first-order valence-corrected chi connectivity index (χ1v) is 5.16. The Hall–Kier alpha value is -1.23.